The van der Waals surface area contributed by atoms with E-state index in [0.29, 0.717) is 11.8 Å². The molecule has 2 heterocycles. The lowest BCUT2D eigenvalue weighted by molar-refractivity contribution is -0.124. The number of likely N-dealkylation sites (tertiary alicyclic amines) is 1. The molecular formula is C14H22Cl2N2O2S. The van der Waals surface area contributed by atoms with E-state index in [1.54, 1.807) is 11.3 Å². The smallest absolute Gasteiger partial charge is 0.245 e. The number of hydrogen-bond acceptors (Lipinski definition) is 4. The number of thiophene rings is 1. The highest BCUT2D eigenvalue weighted by Gasteiger charge is 2.35. The third-order valence-corrected chi connectivity index (χ3v) is 5.01. The molecule has 120 valence electrons. The Balaban J connectivity index is 0.00000220. The molecular weight excluding hydrogens is 331 g/mol. The summed E-state index contributed by atoms with van der Waals surface area (Å²) in [5.74, 6) is 0.624. The average Bonchev–Trinajstić information content (AvgIpc) is 2.96. The Morgan fingerprint density at radius 3 is 2.76 bits per heavy atom. The second-order valence-corrected chi connectivity index (χ2v) is 7.44. The van der Waals surface area contributed by atoms with Gasteiger partial charge in [0, 0.05) is 30.6 Å². The summed E-state index contributed by atoms with van der Waals surface area (Å²) in [6, 6.07) is 4.09. The van der Waals surface area contributed by atoms with Crippen LogP contribution in [0.4, 0.5) is 0 Å². The fourth-order valence-corrected chi connectivity index (χ4v) is 3.91. The number of rotatable bonds is 5. The average molecular weight is 353 g/mol. The van der Waals surface area contributed by atoms with Gasteiger partial charge in [0.15, 0.2) is 0 Å². The van der Waals surface area contributed by atoms with Crippen LogP contribution in [-0.2, 0) is 11.3 Å². The monoisotopic (exact) mass is 352 g/mol. The predicted octanol–water partition coefficient (Wildman–Crippen LogP) is 2.39. The lowest BCUT2D eigenvalue weighted by Crippen LogP contribution is -2.43. The molecule has 1 amide bonds. The second kappa shape index (κ2) is 8.34. The maximum absolute atomic E-state index is 11.4. The number of hydrogen-bond donors (Lipinski definition) is 2. The van der Waals surface area contributed by atoms with Crippen LogP contribution in [0.2, 0.25) is 4.34 Å². The number of carbonyl (C=O) groups excluding carboxylic acids is 1. The zero-order valence-corrected chi connectivity index (χ0v) is 14.6. The van der Waals surface area contributed by atoms with Gasteiger partial charge in [-0.25, -0.2) is 0 Å². The Morgan fingerprint density at radius 1 is 1.52 bits per heavy atom. The first-order chi connectivity index (χ1) is 9.49. The molecule has 1 aromatic heterocycles. The summed E-state index contributed by atoms with van der Waals surface area (Å²) < 4.78 is 0.810. The Labute approximate surface area is 140 Å². The Morgan fingerprint density at radius 2 is 2.24 bits per heavy atom. The van der Waals surface area contributed by atoms with Crippen molar-refractivity contribution in [1.29, 1.82) is 0 Å². The number of amides is 1. The quantitative estimate of drug-likeness (QED) is 0.855. The summed E-state index contributed by atoms with van der Waals surface area (Å²) in [6.45, 7) is 6.56. The Kier molecular flexibility index (Phi) is 7.44. The van der Waals surface area contributed by atoms with Crippen LogP contribution in [0.15, 0.2) is 12.1 Å². The Hall–Kier alpha value is -0.330. The van der Waals surface area contributed by atoms with Gasteiger partial charge in [-0.2, -0.15) is 0 Å². The molecule has 1 aliphatic heterocycles. The molecule has 0 aromatic carbocycles. The summed E-state index contributed by atoms with van der Waals surface area (Å²) in [5.41, 5.74) is 0. The molecule has 21 heavy (non-hydrogen) atoms. The summed E-state index contributed by atoms with van der Waals surface area (Å²) in [6.07, 6.45) is 0. The van der Waals surface area contributed by atoms with E-state index in [0.717, 1.165) is 24.0 Å². The molecule has 1 fully saturated rings. The fraction of sp³-hybridized carbons (Fsp3) is 0.643. The summed E-state index contributed by atoms with van der Waals surface area (Å²) >= 11 is 7.56. The van der Waals surface area contributed by atoms with Crippen LogP contribution in [0.5, 0.6) is 0 Å². The highest BCUT2D eigenvalue weighted by Crippen LogP contribution is 2.28. The van der Waals surface area contributed by atoms with Crippen molar-refractivity contribution >= 4 is 41.3 Å². The molecule has 2 atom stereocenters. The van der Waals surface area contributed by atoms with Gasteiger partial charge in [-0.3, -0.25) is 9.69 Å². The maximum Gasteiger partial charge on any atom is 0.245 e. The number of nitrogens with one attached hydrogen (secondary N) is 1. The third kappa shape index (κ3) is 5.11. The van der Waals surface area contributed by atoms with Crippen LogP contribution in [-0.4, -0.2) is 41.7 Å². The highest BCUT2D eigenvalue weighted by atomic mass is 35.5. The largest absolute Gasteiger partial charge is 0.387 e. The van der Waals surface area contributed by atoms with Gasteiger partial charge in [0.1, 0.15) is 6.61 Å². The number of halogens is 2. The molecule has 0 aliphatic carbocycles. The first-order valence-corrected chi connectivity index (χ1v) is 8.06. The van der Waals surface area contributed by atoms with Crippen molar-refractivity contribution in [2.75, 3.05) is 19.7 Å². The van der Waals surface area contributed by atoms with Crippen LogP contribution in [0, 0.1) is 11.8 Å². The summed E-state index contributed by atoms with van der Waals surface area (Å²) in [7, 11) is 0. The number of carbonyl (C=O) groups is 1. The van der Waals surface area contributed by atoms with Crippen molar-refractivity contribution < 1.29 is 9.90 Å². The molecule has 1 saturated heterocycles. The van der Waals surface area contributed by atoms with Crippen LogP contribution in [0.3, 0.4) is 0 Å². The molecule has 0 bridgehead atoms. The number of aliphatic hydroxyl groups excluding tert-OH is 1. The maximum atomic E-state index is 11.4. The van der Waals surface area contributed by atoms with Gasteiger partial charge in [-0.1, -0.05) is 25.4 Å². The van der Waals surface area contributed by atoms with E-state index in [1.165, 1.54) is 4.88 Å². The molecule has 1 aliphatic rings. The first-order valence-electron chi connectivity index (χ1n) is 6.86. The van der Waals surface area contributed by atoms with E-state index < -0.39 is 6.61 Å². The van der Waals surface area contributed by atoms with Gasteiger partial charge < -0.3 is 10.4 Å². The molecule has 2 rings (SSSR count). The van der Waals surface area contributed by atoms with Crippen molar-refractivity contribution in [3.63, 3.8) is 0 Å². The molecule has 4 nitrogen and oxygen atoms in total. The number of aliphatic hydroxyl groups is 1. The molecule has 0 radical (unpaired) electrons. The van der Waals surface area contributed by atoms with E-state index >= 15 is 0 Å². The van der Waals surface area contributed by atoms with Gasteiger partial charge in [0.2, 0.25) is 5.91 Å². The van der Waals surface area contributed by atoms with E-state index in [9.17, 15) is 4.79 Å². The lowest BCUT2D eigenvalue weighted by Gasteiger charge is -2.22. The SMILES string of the molecule is CC(C)[C@H]1CN(Cc2ccc(Cl)s2)C[C@@H]1NC(=O)CO.Cl. The van der Waals surface area contributed by atoms with Crippen LogP contribution < -0.4 is 5.32 Å². The van der Waals surface area contributed by atoms with Gasteiger partial charge >= 0.3 is 0 Å². The summed E-state index contributed by atoms with van der Waals surface area (Å²) in [5, 5.41) is 11.8. The van der Waals surface area contributed by atoms with Gasteiger partial charge in [-0.05, 0) is 24.0 Å². The highest BCUT2D eigenvalue weighted by molar-refractivity contribution is 7.16. The van der Waals surface area contributed by atoms with Crippen molar-refractivity contribution in [3.05, 3.63) is 21.3 Å². The van der Waals surface area contributed by atoms with E-state index in [-0.39, 0.29) is 24.4 Å². The molecule has 0 unspecified atom stereocenters. The topological polar surface area (TPSA) is 52.6 Å². The first kappa shape index (κ1) is 18.7. The summed E-state index contributed by atoms with van der Waals surface area (Å²) in [4.78, 5) is 15.0. The predicted molar refractivity (Wildman–Crippen MR) is 89.2 cm³/mol. The van der Waals surface area contributed by atoms with Gasteiger partial charge in [-0.15, -0.1) is 23.7 Å². The minimum atomic E-state index is -0.443. The third-order valence-electron chi connectivity index (χ3n) is 3.80. The molecule has 2 N–H and O–H groups in total. The zero-order chi connectivity index (χ0) is 14.7. The Bertz CT molecular complexity index is 468. The van der Waals surface area contributed by atoms with Crippen LogP contribution >= 0.6 is 35.3 Å². The van der Waals surface area contributed by atoms with Crippen molar-refractivity contribution in [1.82, 2.24) is 10.2 Å². The van der Waals surface area contributed by atoms with Gasteiger partial charge in [0.05, 0.1) is 4.34 Å². The molecule has 0 spiro atoms. The normalized spacial score (nSPS) is 22.3. The minimum absolute atomic E-state index is 0. The van der Waals surface area contributed by atoms with Crippen LogP contribution in [0.25, 0.3) is 0 Å². The lowest BCUT2D eigenvalue weighted by atomic mass is 9.91. The molecule has 0 saturated carbocycles. The second-order valence-electron chi connectivity index (χ2n) is 5.64. The number of nitrogens with zero attached hydrogens (tertiary/aromatic N) is 1. The van der Waals surface area contributed by atoms with Crippen LogP contribution in [0.1, 0.15) is 18.7 Å². The minimum Gasteiger partial charge on any atom is -0.387 e. The van der Waals surface area contributed by atoms with E-state index in [2.05, 4.69) is 30.1 Å². The van der Waals surface area contributed by atoms with E-state index in [1.807, 2.05) is 6.07 Å². The van der Waals surface area contributed by atoms with Crippen molar-refractivity contribution in [2.45, 2.75) is 26.4 Å². The van der Waals surface area contributed by atoms with Crippen molar-refractivity contribution in [3.8, 4) is 0 Å². The van der Waals surface area contributed by atoms with Gasteiger partial charge in [0.25, 0.3) is 0 Å². The zero-order valence-electron chi connectivity index (χ0n) is 12.2. The standard InChI is InChI=1S/C14H21ClN2O2S.ClH/c1-9(2)11-6-17(5-10-3-4-13(15)20-10)7-12(11)16-14(19)8-18;/h3-4,9,11-12,18H,5-8H2,1-2H3,(H,16,19);1H/t11-,12+;/m1./s1. The molecule has 1 aromatic rings. The van der Waals surface area contributed by atoms with E-state index in [4.69, 9.17) is 16.7 Å². The molecule has 7 heteroatoms. The fourth-order valence-electron chi connectivity index (χ4n) is 2.78. The van der Waals surface area contributed by atoms with Crippen molar-refractivity contribution in [2.24, 2.45) is 11.8 Å².